The normalized spacial score (nSPS) is 26.5. The average Bonchev–Trinajstić information content (AvgIpc) is 2.82. The Hall–Kier alpha value is -0.120. The van der Waals surface area contributed by atoms with Gasteiger partial charge in [0.2, 0.25) is 0 Å². The van der Waals surface area contributed by atoms with Crippen LogP contribution in [0.1, 0.15) is 44.9 Å². The van der Waals surface area contributed by atoms with Gasteiger partial charge in [0.25, 0.3) is 0 Å². The zero-order chi connectivity index (χ0) is 12.1. The molecule has 0 bridgehead atoms. The molecule has 2 fully saturated rings. The maximum atomic E-state index is 10.1. The molecule has 0 aromatic carbocycles. The first-order valence-electron chi connectivity index (χ1n) is 7.38. The third-order valence-electron chi connectivity index (χ3n) is 4.59. The van der Waals surface area contributed by atoms with Gasteiger partial charge in [-0.1, -0.05) is 25.7 Å². The number of aliphatic hydroxyl groups excluding tert-OH is 1. The van der Waals surface area contributed by atoms with Crippen LogP contribution in [-0.4, -0.2) is 42.3 Å². The maximum absolute atomic E-state index is 10.1. The number of nitrogens with zero attached hydrogens (tertiary/aromatic N) is 1. The van der Waals surface area contributed by atoms with Crippen molar-refractivity contribution >= 4 is 0 Å². The predicted octanol–water partition coefficient (Wildman–Crippen LogP) is 1.60. The minimum Gasteiger partial charge on any atom is -0.392 e. The summed E-state index contributed by atoms with van der Waals surface area (Å²) in [6, 6.07) is 0. The molecule has 1 aliphatic heterocycles. The minimum atomic E-state index is -0.104. The highest BCUT2D eigenvalue weighted by molar-refractivity contribution is 4.77. The number of nitrogens with two attached hydrogens (primary N) is 1. The van der Waals surface area contributed by atoms with Crippen LogP contribution in [0.15, 0.2) is 0 Å². The molecular weight excluding hydrogens is 212 g/mol. The quantitative estimate of drug-likeness (QED) is 0.767. The molecule has 1 heterocycles. The zero-order valence-corrected chi connectivity index (χ0v) is 11.0. The Bertz CT molecular complexity index is 208. The van der Waals surface area contributed by atoms with Crippen LogP contribution in [0.25, 0.3) is 0 Å². The van der Waals surface area contributed by atoms with Gasteiger partial charge in [0.15, 0.2) is 0 Å². The Morgan fingerprint density at radius 3 is 2.29 bits per heavy atom. The largest absolute Gasteiger partial charge is 0.392 e. The van der Waals surface area contributed by atoms with E-state index in [1.54, 1.807) is 0 Å². The second kappa shape index (κ2) is 6.72. The van der Waals surface area contributed by atoms with Crippen LogP contribution in [0.5, 0.6) is 0 Å². The summed E-state index contributed by atoms with van der Waals surface area (Å²) in [4.78, 5) is 2.42. The van der Waals surface area contributed by atoms with Crippen molar-refractivity contribution in [2.45, 2.75) is 51.0 Å². The van der Waals surface area contributed by atoms with Gasteiger partial charge >= 0.3 is 0 Å². The molecule has 1 saturated heterocycles. The van der Waals surface area contributed by atoms with E-state index >= 15 is 0 Å². The fourth-order valence-corrected chi connectivity index (χ4v) is 3.41. The summed E-state index contributed by atoms with van der Waals surface area (Å²) >= 11 is 0. The number of rotatable bonds is 5. The van der Waals surface area contributed by atoms with Crippen LogP contribution in [0, 0.1) is 11.8 Å². The van der Waals surface area contributed by atoms with Crippen LogP contribution in [0.2, 0.25) is 0 Å². The SMILES string of the molecule is NCC1CCN(CC(O)CC2CCCC2)CC1. The van der Waals surface area contributed by atoms with Crippen molar-refractivity contribution in [3.05, 3.63) is 0 Å². The molecule has 3 nitrogen and oxygen atoms in total. The first kappa shape index (κ1) is 13.3. The van der Waals surface area contributed by atoms with Crippen LogP contribution in [-0.2, 0) is 0 Å². The van der Waals surface area contributed by atoms with Crippen LogP contribution < -0.4 is 5.73 Å². The summed E-state index contributed by atoms with van der Waals surface area (Å²) in [5.74, 6) is 1.52. The van der Waals surface area contributed by atoms with Crippen molar-refractivity contribution in [2.75, 3.05) is 26.2 Å². The lowest BCUT2D eigenvalue weighted by Crippen LogP contribution is -2.40. The van der Waals surface area contributed by atoms with Gasteiger partial charge in [0.1, 0.15) is 0 Å². The molecule has 1 saturated carbocycles. The first-order valence-corrected chi connectivity index (χ1v) is 7.38. The van der Waals surface area contributed by atoms with E-state index in [1.807, 2.05) is 0 Å². The molecule has 17 heavy (non-hydrogen) atoms. The van der Waals surface area contributed by atoms with E-state index in [1.165, 1.54) is 38.5 Å². The molecule has 1 aliphatic carbocycles. The smallest absolute Gasteiger partial charge is 0.0669 e. The number of likely N-dealkylation sites (tertiary alicyclic amines) is 1. The Labute approximate surface area is 105 Å². The van der Waals surface area contributed by atoms with Gasteiger partial charge in [-0.3, -0.25) is 0 Å². The topological polar surface area (TPSA) is 49.5 Å². The highest BCUT2D eigenvalue weighted by Crippen LogP contribution is 2.29. The number of aliphatic hydroxyl groups is 1. The lowest BCUT2D eigenvalue weighted by molar-refractivity contribution is 0.0739. The Balaban J connectivity index is 1.63. The van der Waals surface area contributed by atoms with E-state index in [4.69, 9.17) is 5.73 Å². The molecule has 2 rings (SSSR count). The van der Waals surface area contributed by atoms with Gasteiger partial charge in [-0.25, -0.2) is 0 Å². The lowest BCUT2D eigenvalue weighted by Gasteiger charge is -2.33. The summed E-state index contributed by atoms with van der Waals surface area (Å²) < 4.78 is 0. The van der Waals surface area contributed by atoms with Gasteiger partial charge in [0.05, 0.1) is 6.10 Å². The van der Waals surface area contributed by atoms with E-state index < -0.39 is 0 Å². The highest BCUT2D eigenvalue weighted by Gasteiger charge is 2.23. The Kier molecular flexibility index (Phi) is 5.26. The molecular formula is C14H28N2O. The molecule has 0 aromatic rings. The Morgan fingerprint density at radius 2 is 1.71 bits per heavy atom. The highest BCUT2D eigenvalue weighted by atomic mass is 16.3. The van der Waals surface area contributed by atoms with Gasteiger partial charge in [-0.2, -0.15) is 0 Å². The molecule has 0 radical (unpaired) electrons. The second-order valence-corrected chi connectivity index (χ2v) is 6.02. The van der Waals surface area contributed by atoms with Crippen LogP contribution in [0.3, 0.4) is 0 Å². The molecule has 100 valence electrons. The molecule has 3 heteroatoms. The summed E-state index contributed by atoms with van der Waals surface area (Å²) in [7, 11) is 0. The number of hydrogen-bond donors (Lipinski definition) is 2. The minimum absolute atomic E-state index is 0.104. The molecule has 1 atom stereocenters. The van der Waals surface area contributed by atoms with Gasteiger partial charge in [-0.15, -0.1) is 0 Å². The van der Waals surface area contributed by atoms with Crippen molar-refractivity contribution in [3.8, 4) is 0 Å². The molecule has 1 unspecified atom stereocenters. The third kappa shape index (κ3) is 4.23. The first-order chi connectivity index (χ1) is 8.28. The standard InChI is InChI=1S/C14H28N2O/c15-10-13-5-7-16(8-6-13)11-14(17)9-12-3-1-2-4-12/h12-14,17H,1-11,15H2. The molecule has 0 amide bonds. The van der Waals surface area contributed by atoms with Crippen molar-refractivity contribution < 1.29 is 5.11 Å². The predicted molar refractivity (Wildman–Crippen MR) is 70.8 cm³/mol. The summed E-state index contributed by atoms with van der Waals surface area (Å²) in [5, 5.41) is 10.1. The number of β-amino-alcohol motifs (C(OH)–C–C–N with tert-alkyl or cyclic N) is 1. The summed E-state index contributed by atoms with van der Waals surface area (Å²) in [6.45, 7) is 3.97. The van der Waals surface area contributed by atoms with Crippen LogP contribution >= 0.6 is 0 Å². The van der Waals surface area contributed by atoms with Crippen molar-refractivity contribution in [1.82, 2.24) is 4.90 Å². The fourth-order valence-electron chi connectivity index (χ4n) is 3.41. The fraction of sp³-hybridized carbons (Fsp3) is 1.00. The van der Waals surface area contributed by atoms with E-state index in [0.717, 1.165) is 44.4 Å². The zero-order valence-electron chi connectivity index (χ0n) is 11.0. The van der Waals surface area contributed by atoms with E-state index in [-0.39, 0.29) is 6.10 Å². The maximum Gasteiger partial charge on any atom is 0.0669 e. The number of hydrogen-bond acceptors (Lipinski definition) is 3. The molecule has 0 spiro atoms. The molecule has 2 aliphatic rings. The molecule has 3 N–H and O–H groups in total. The van der Waals surface area contributed by atoms with E-state index in [2.05, 4.69) is 4.90 Å². The number of piperidine rings is 1. The average molecular weight is 240 g/mol. The van der Waals surface area contributed by atoms with Gasteiger partial charge in [-0.05, 0) is 50.7 Å². The summed E-state index contributed by atoms with van der Waals surface area (Å²) in [6.07, 6.45) is 8.78. The lowest BCUT2D eigenvalue weighted by atomic mass is 9.95. The monoisotopic (exact) mass is 240 g/mol. The Morgan fingerprint density at radius 1 is 1.06 bits per heavy atom. The van der Waals surface area contributed by atoms with Crippen molar-refractivity contribution in [2.24, 2.45) is 17.6 Å². The van der Waals surface area contributed by atoms with Crippen LogP contribution in [0.4, 0.5) is 0 Å². The summed E-state index contributed by atoms with van der Waals surface area (Å²) in [5.41, 5.74) is 5.69. The molecule has 0 aromatic heterocycles. The van der Waals surface area contributed by atoms with Crippen molar-refractivity contribution in [3.63, 3.8) is 0 Å². The third-order valence-corrected chi connectivity index (χ3v) is 4.59. The second-order valence-electron chi connectivity index (χ2n) is 6.02. The van der Waals surface area contributed by atoms with Gasteiger partial charge < -0.3 is 15.7 Å². The van der Waals surface area contributed by atoms with E-state index in [0.29, 0.717) is 0 Å². The van der Waals surface area contributed by atoms with Gasteiger partial charge in [0, 0.05) is 6.54 Å². The van der Waals surface area contributed by atoms with E-state index in [9.17, 15) is 5.11 Å². The van der Waals surface area contributed by atoms with Crippen molar-refractivity contribution in [1.29, 1.82) is 0 Å².